The van der Waals surface area contributed by atoms with E-state index in [2.05, 4.69) is 35.8 Å². The number of hydrogen-bond acceptors (Lipinski definition) is 5. The summed E-state index contributed by atoms with van der Waals surface area (Å²) >= 11 is 0. The molecule has 3 aromatic rings. The van der Waals surface area contributed by atoms with Crippen LogP contribution in [0.3, 0.4) is 0 Å². The Bertz CT molecular complexity index is 1240. The summed E-state index contributed by atoms with van der Waals surface area (Å²) in [6.07, 6.45) is 0.682. The number of amides is 1. The summed E-state index contributed by atoms with van der Waals surface area (Å²) in [7, 11) is -4.08. The Morgan fingerprint density at radius 3 is 2.34 bits per heavy atom. The Hall–Kier alpha value is -3.13. The first-order valence-corrected chi connectivity index (χ1v) is 12.0. The predicted molar refractivity (Wildman–Crippen MR) is 126 cm³/mol. The van der Waals surface area contributed by atoms with Gasteiger partial charge < -0.3 is 5.73 Å². The molecule has 0 aliphatic rings. The van der Waals surface area contributed by atoms with Crippen LogP contribution < -0.4 is 10.5 Å². The number of nitrogens with one attached hydrogen (secondary N) is 1. The summed E-state index contributed by atoms with van der Waals surface area (Å²) in [5.74, 6) is -0.384. The van der Waals surface area contributed by atoms with Crippen LogP contribution in [0, 0.1) is 26.7 Å². The van der Waals surface area contributed by atoms with Crippen LogP contribution >= 0.6 is 0 Å². The van der Waals surface area contributed by atoms with Crippen molar-refractivity contribution in [3.63, 3.8) is 0 Å². The molecule has 3 rings (SSSR count). The van der Waals surface area contributed by atoms with Gasteiger partial charge in [0.25, 0.3) is 15.9 Å². The fourth-order valence-electron chi connectivity index (χ4n) is 3.82. The topological polar surface area (TPSA) is 107 Å². The van der Waals surface area contributed by atoms with E-state index in [-0.39, 0.29) is 10.6 Å². The lowest BCUT2D eigenvalue weighted by Gasteiger charge is -2.14. The molecule has 0 aliphatic carbocycles. The highest BCUT2D eigenvalue weighted by molar-refractivity contribution is 7.90. The number of nitrogen functional groups attached to an aromatic ring is 1. The maximum absolute atomic E-state index is 13.1. The van der Waals surface area contributed by atoms with Crippen molar-refractivity contribution in [2.24, 2.45) is 5.92 Å². The summed E-state index contributed by atoms with van der Waals surface area (Å²) in [5.41, 5.74) is 11.4. The lowest BCUT2D eigenvalue weighted by molar-refractivity contribution is 0.0971. The van der Waals surface area contributed by atoms with Crippen LogP contribution in [-0.4, -0.2) is 24.1 Å². The molecule has 1 amide bonds. The van der Waals surface area contributed by atoms with E-state index < -0.39 is 15.9 Å². The van der Waals surface area contributed by atoms with Crippen LogP contribution in [0.1, 0.15) is 52.3 Å². The van der Waals surface area contributed by atoms with E-state index in [0.717, 1.165) is 27.9 Å². The number of anilines is 1. The van der Waals surface area contributed by atoms with E-state index in [9.17, 15) is 13.2 Å². The third kappa shape index (κ3) is 5.37. The molecule has 1 aromatic heterocycles. The van der Waals surface area contributed by atoms with Crippen molar-refractivity contribution < 1.29 is 13.2 Å². The van der Waals surface area contributed by atoms with E-state index in [1.165, 1.54) is 18.2 Å². The molecule has 0 spiro atoms. The molecule has 0 fully saturated rings. The van der Waals surface area contributed by atoms with Gasteiger partial charge in [-0.1, -0.05) is 37.6 Å². The lowest BCUT2D eigenvalue weighted by Crippen LogP contribution is -2.32. The number of aryl methyl sites for hydroxylation is 3. The minimum atomic E-state index is -4.08. The minimum absolute atomic E-state index is 0.0652. The third-order valence-electron chi connectivity index (χ3n) is 5.22. The zero-order valence-corrected chi connectivity index (χ0v) is 20.0. The standard InChI is InChI=1S/C24H30N4O3S/c1-15(2)9-20-13-23(24(29)27-32(30,31)21-8-6-7-19(25)12-21)28(26-20)14-22-17(4)10-16(3)11-18(22)5/h6-8,10-13,15H,9,14,25H2,1-5H3,(H,27,29). The zero-order chi connectivity index (χ0) is 23.6. The van der Waals surface area contributed by atoms with Gasteiger partial charge in [0, 0.05) is 5.69 Å². The molecule has 0 saturated heterocycles. The van der Waals surface area contributed by atoms with Gasteiger partial charge in [0.15, 0.2) is 0 Å². The highest BCUT2D eigenvalue weighted by Crippen LogP contribution is 2.20. The van der Waals surface area contributed by atoms with Gasteiger partial charge in [-0.25, -0.2) is 13.1 Å². The first kappa shape index (κ1) is 23.5. The number of hydrogen-bond donors (Lipinski definition) is 2. The summed E-state index contributed by atoms with van der Waals surface area (Å²) in [5, 5.41) is 4.63. The fraction of sp³-hybridized carbons (Fsp3) is 0.333. The van der Waals surface area contributed by atoms with Crippen LogP contribution in [-0.2, 0) is 23.0 Å². The van der Waals surface area contributed by atoms with E-state index in [1.807, 2.05) is 20.8 Å². The average molecular weight is 455 g/mol. The van der Waals surface area contributed by atoms with Crippen molar-refractivity contribution in [2.45, 2.75) is 52.5 Å². The van der Waals surface area contributed by atoms with Gasteiger partial charge in [-0.2, -0.15) is 5.10 Å². The van der Waals surface area contributed by atoms with Crippen molar-refractivity contribution in [1.82, 2.24) is 14.5 Å². The number of sulfonamides is 1. The molecule has 8 heteroatoms. The minimum Gasteiger partial charge on any atom is -0.399 e. The van der Waals surface area contributed by atoms with E-state index in [4.69, 9.17) is 5.73 Å². The van der Waals surface area contributed by atoms with Gasteiger partial charge in [0.2, 0.25) is 0 Å². The number of carbonyl (C=O) groups is 1. The molecular weight excluding hydrogens is 424 g/mol. The Labute approximate surface area is 189 Å². The Kier molecular flexibility index (Phi) is 6.74. The van der Waals surface area contributed by atoms with Crippen molar-refractivity contribution in [3.8, 4) is 0 Å². The van der Waals surface area contributed by atoms with Crippen LogP contribution in [0.2, 0.25) is 0 Å². The van der Waals surface area contributed by atoms with Gasteiger partial charge in [-0.15, -0.1) is 0 Å². The molecule has 0 unspecified atom stereocenters. The first-order chi connectivity index (χ1) is 15.0. The van der Waals surface area contributed by atoms with Crippen LogP contribution in [0.25, 0.3) is 0 Å². The van der Waals surface area contributed by atoms with Crippen molar-refractivity contribution >= 4 is 21.6 Å². The summed E-state index contributed by atoms with van der Waals surface area (Å²) in [6, 6.07) is 11.7. The number of nitrogens with two attached hydrogens (primary N) is 1. The summed E-state index contributed by atoms with van der Waals surface area (Å²) in [4.78, 5) is 13.0. The fourth-order valence-corrected chi connectivity index (χ4v) is 4.83. The summed E-state index contributed by atoms with van der Waals surface area (Å²) in [6.45, 7) is 10.6. The second-order valence-corrected chi connectivity index (χ2v) is 10.3. The van der Waals surface area contributed by atoms with Gasteiger partial charge >= 0.3 is 0 Å². The quantitative estimate of drug-likeness (QED) is 0.529. The number of benzene rings is 2. The number of nitrogens with zero attached hydrogens (tertiary/aromatic N) is 2. The molecule has 32 heavy (non-hydrogen) atoms. The van der Waals surface area contributed by atoms with E-state index in [1.54, 1.807) is 16.8 Å². The average Bonchev–Trinajstić information content (AvgIpc) is 3.06. The monoisotopic (exact) mass is 454 g/mol. The first-order valence-electron chi connectivity index (χ1n) is 10.5. The highest BCUT2D eigenvalue weighted by Gasteiger charge is 2.23. The molecule has 1 heterocycles. The normalized spacial score (nSPS) is 11.7. The number of carbonyl (C=O) groups excluding carboxylic acids is 1. The highest BCUT2D eigenvalue weighted by atomic mass is 32.2. The molecular formula is C24H30N4O3S. The molecule has 0 bridgehead atoms. The van der Waals surface area contributed by atoms with E-state index >= 15 is 0 Å². The smallest absolute Gasteiger partial charge is 0.283 e. The van der Waals surface area contributed by atoms with E-state index in [0.29, 0.717) is 24.6 Å². The molecule has 170 valence electrons. The molecule has 0 atom stereocenters. The Balaban J connectivity index is 1.98. The molecule has 0 aliphatic heterocycles. The van der Waals surface area contributed by atoms with Gasteiger partial charge in [-0.05, 0) is 74.1 Å². The number of aromatic nitrogens is 2. The predicted octanol–water partition coefficient (Wildman–Crippen LogP) is 3.76. The molecule has 2 aromatic carbocycles. The SMILES string of the molecule is Cc1cc(C)c(Cn2nc(CC(C)C)cc2C(=O)NS(=O)(=O)c2cccc(N)c2)c(C)c1. The maximum Gasteiger partial charge on any atom is 0.283 e. The van der Waals surface area contributed by atoms with Crippen molar-refractivity contribution in [2.75, 3.05) is 5.73 Å². The van der Waals surface area contributed by atoms with Gasteiger partial charge in [0.1, 0.15) is 5.69 Å². The number of rotatable bonds is 7. The maximum atomic E-state index is 13.1. The Morgan fingerprint density at radius 2 is 1.75 bits per heavy atom. The Morgan fingerprint density at radius 1 is 1.09 bits per heavy atom. The third-order valence-corrected chi connectivity index (χ3v) is 6.55. The van der Waals surface area contributed by atoms with Crippen molar-refractivity contribution in [3.05, 3.63) is 76.1 Å². The second kappa shape index (κ2) is 9.16. The second-order valence-electron chi connectivity index (χ2n) is 8.66. The molecule has 0 saturated carbocycles. The van der Waals surface area contributed by atoms with Crippen LogP contribution in [0.5, 0.6) is 0 Å². The van der Waals surface area contributed by atoms with Crippen LogP contribution in [0.15, 0.2) is 47.4 Å². The largest absolute Gasteiger partial charge is 0.399 e. The molecule has 3 N–H and O–H groups in total. The van der Waals surface area contributed by atoms with Crippen LogP contribution in [0.4, 0.5) is 5.69 Å². The van der Waals surface area contributed by atoms with Crippen molar-refractivity contribution in [1.29, 1.82) is 0 Å². The summed E-state index contributed by atoms with van der Waals surface area (Å²) < 4.78 is 29.3. The molecule has 0 radical (unpaired) electrons. The lowest BCUT2D eigenvalue weighted by atomic mass is 10.00. The van der Waals surface area contributed by atoms with Gasteiger partial charge in [0.05, 0.1) is 17.1 Å². The zero-order valence-electron chi connectivity index (χ0n) is 19.1. The molecule has 7 nitrogen and oxygen atoms in total. The van der Waals surface area contributed by atoms with Gasteiger partial charge in [-0.3, -0.25) is 9.48 Å².